The van der Waals surface area contributed by atoms with Crippen LogP contribution in [0.25, 0.3) is 10.9 Å². The number of fused-ring (bicyclic) bond motifs is 1. The van der Waals surface area contributed by atoms with Crippen molar-refractivity contribution in [2.24, 2.45) is 0 Å². The largest absolute Gasteiger partial charge is 0.381 e. The van der Waals surface area contributed by atoms with Gasteiger partial charge in [-0.15, -0.1) is 0 Å². The van der Waals surface area contributed by atoms with Crippen LogP contribution in [0.5, 0.6) is 0 Å². The molecule has 102 valence electrons. The molecule has 1 heterocycles. The molecule has 1 N–H and O–H groups in total. The third-order valence-corrected chi connectivity index (χ3v) is 4.29. The quantitative estimate of drug-likeness (QED) is 0.924. The van der Waals surface area contributed by atoms with Crippen LogP contribution >= 0.6 is 15.9 Å². The number of benzene rings is 1. The third kappa shape index (κ3) is 3.30. The molecule has 0 saturated heterocycles. The lowest BCUT2D eigenvalue weighted by atomic mass is 10.1. The van der Waals surface area contributed by atoms with Crippen LogP contribution in [0.4, 0.5) is 10.1 Å². The molecule has 1 aromatic heterocycles. The molecule has 0 aliphatic rings. The summed E-state index contributed by atoms with van der Waals surface area (Å²) in [7, 11) is -0.894. The van der Waals surface area contributed by atoms with Crippen molar-refractivity contribution in [1.82, 2.24) is 4.98 Å². The monoisotopic (exact) mass is 344 g/mol. The molecule has 0 spiro atoms. The standard InChI is InChI=1S/C13H14BrFN2OS/c1-8(7-19(2)18)17-11-5-6-16-13-9(14)3-4-10(15)12(11)13/h3-6,8H,7H2,1-2H3,(H,16,17)/t8-,19-/m1/s1. The maximum atomic E-state index is 14.0. The topological polar surface area (TPSA) is 42.0 Å². The number of hydrogen-bond acceptors (Lipinski definition) is 3. The molecular weight excluding hydrogens is 331 g/mol. The Hall–Kier alpha value is -1.01. The summed E-state index contributed by atoms with van der Waals surface area (Å²) in [6, 6.07) is 4.77. The minimum atomic E-state index is -0.894. The number of halogens is 2. The van der Waals surface area contributed by atoms with Gasteiger partial charge in [0.2, 0.25) is 0 Å². The lowest BCUT2D eigenvalue weighted by Gasteiger charge is -2.16. The van der Waals surface area contributed by atoms with Gasteiger partial charge in [-0.1, -0.05) is 0 Å². The summed E-state index contributed by atoms with van der Waals surface area (Å²) in [6.45, 7) is 1.92. The maximum absolute atomic E-state index is 14.0. The Kier molecular flexibility index (Phi) is 4.52. The van der Waals surface area contributed by atoms with E-state index in [1.807, 2.05) is 6.92 Å². The Bertz CT molecular complexity index is 635. The van der Waals surface area contributed by atoms with Gasteiger partial charge in [0.25, 0.3) is 0 Å². The molecule has 2 rings (SSSR count). The van der Waals surface area contributed by atoms with E-state index in [1.165, 1.54) is 6.07 Å². The molecule has 0 fully saturated rings. The van der Waals surface area contributed by atoms with Crippen molar-refractivity contribution in [3.05, 3.63) is 34.7 Å². The van der Waals surface area contributed by atoms with Crippen molar-refractivity contribution in [3.8, 4) is 0 Å². The number of hydrogen-bond donors (Lipinski definition) is 1. The molecule has 0 bridgehead atoms. The number of anilines is 1. The summed E-state index contributed by atoms with van der Waals surface area (Å²) < 4.78 is 25.9. The normalized spacial score (nSPS) is 14.3. The summed E-state index contributed by atoms with van der Waals surface area (Å²) in [6.07, 6.45) is 3.28. The molecule has 6 heteroatoms. The van der Waals surface area contributed by atoms with Crippen LogP contribution in [-0.2, 0) is 10.8 Å². The molecule has 2 aromatic rings. The van der Waals surface area contributed by atoms with Gasteiger partial charge in [0.05, 0.1) is 10.9 Å². The van der Waals surface area contributed by atoms with E-state index >= 15 is 0 Å². The Labute approximate surface area is 122 Å². The van der Waals surface area contributed by atoms with Gasteiger partial charge >= 0.3 is 0 Å². The lowest BCUT2D eigenvalue weighted by Crippen LogP contribution is -2.22. The zero-order valence-corrected chi connectivity index (χ0v) is 13.0. The SMILES string of the molecule is C[C@H](C[S@@](C)=O)Nc1ccnc2c(Br)ccc(F)c12. The second kappa shape index (κ2) is 5.96. The van der Waals surface area contributed by atoms with Gasteiger partial charge in [-0.05, 0) is 41.1 Å². The van der Waals surface area contributed by atoms with Gasteiger partial charge in [-0.25, -0.2) is 4.39 Å². The Morgan fingerprint density at radius 3 is 2.89 bits per heavy atom. The van der Waals surface area contributed by atoms with Crippen molar-refractivity contribution in [2.75, 3.05) is 17.3 Å². The van der Waals surface area contributed by atoms with Crippen molar-refractivity contribution < 1.29 is 8.60 Å². The summed E-state index contributed by atoms with van der Waals surface area (Å²) in [4.78, 5) is 4.18. The van der Waals surface area contributed by atoms with Crippen molar-refractivity contribution >= 4 is 43.3 Å². The fourth-order valence-corrected chi connectivity index (χ4v) is 3.19. The van der Waals surface area contributed by atoms with Crippen LogP contribution in [-0.4, -0.2) is 27.2 Å². The van der Waals surface area contributed by atoms with E-state index in [1.54, 1.807) is 24.6 Å². The predicted molar refractivity (Wildman–Crippen MR) is 81.4 cm³/mol. The molecule has 0 aliphatic heterocycles. The predicted octanol–water partition coefficient (Wildman–Crippen LogP) is 3.32. The molecule has 19 heavy (non-hydrogen) atoms. The number of nitrogens with one attached hydrogen (secondary N) is 1. The summed E-state index contributed by atoms with van der Waals surface area (Å²) in [5.41, 5.74) is 1.25. The van der Waals surface area contributed by atoms with Crippen LogP contribution in [0.1, 0.15) is 6.92 Å². The summed E-state index contributed by atoms with van der Waals surface area (Å²) >= 11 is 3.37. The third-order valence-electron chi connectivity index (χ3n) is 2.68. The van der Waals surface area contributed by atoms with Crippen molar-refractivity contribution in [3.63, 3.8) is 0 Å². The second-order valence-corrected chi connectivity index (χ2v) is 6.73. The van der Waals surface area contributed by atoms with Crippen LogP contribution in [0.2, 0.25) is 0 Å². The minimum Gasteiger partial charge on any atom is -0.381 e. The fourth-order valence-electron chi connectivity index (χ4n) is 1.97. The smallest absolute Gasteiger partial charge is 0.134 e. The summed E-state index contributed by atoms with van der Waals surface area (Å²) in [5, 5.41) is 3.64. The van der Waals surface area contributed by atoms with E-state index < -0.39 is 10.8 Å². The van der Waals surface area contributed by atoms with Gasteiger partial charge in [-0.3, -0.25) is 9.19 Å². The average Bonchev–Trinajstić information content (AvgIpc) is 2.33. The Morgan fingerprint density at radius 1 is 1.47 bits per heavy atom. The minimum absolute atomic E-state index is 0.00480. The molecule has 0 amide bonds. The number of rotatable bonds is 4. The zero-order chi connectivity index (χ0) is 14.0. The van der Waals surface area contributed by atoms with Gasteiger partial charge < -0.3 is 5.32 Å². The first kappa shape index (κ1) is 14.4. The van der Waals surface area contributed by atoms with Crippen molar-refractivity contribution in [2.45, 2.75) is 13.0 Å². The molecular formula is C13H14BrFN2OS. The van der Waals surface area contributed by atoms with Gasteiger partial charge in [0.1, 0.15) is 5.82 Å². The maximum Gasteiger partial charge on any atom is 0.134 e. The lowest BCUT2D eigenvalue weighted by molar-refractivity contribution is 0.639. The zero-order valence-electron chi connectivity index (χ0n) is 10.6. The second-order valence-electron chi connectivity index (χ2n) is 4.40. The number of aromatic nitrogens is 1. The average molecular weight is 345 g/mol. The van der Waals surface area contributed by atoms with Gasteiger partial charge in [-0.2, -0.15) is 0 Å². The van der Waals surface area contributed by atoms with Crippen LogP contribution in [0.15, 0.2) is 28.9 Å². The highest BCUT2D eigenvalue weighted by molar-refractivity contribution is 9.10. The molecule has 1 aromatic carbocycles. The van der Waals surface area contributed by atoms with Crippen LogP contribution in [0, 0.1) is 5.82 Å². The molecule has 0 aliphatic carbocycles. The molecule has 0 radical (unpaired) electrons. The number of pyridine rings is 1. The molecule has 3 nitrogen and oxygen atoms in total. The van der Waals surface area contributed by atoms with E-state index in [9.17, 15) is 8.60 Å². The Morgan fingerprint density at radius 2 is 2.21 bits per heavy atom. The van der Waals surface area contributed by atoms with E-state index in [-0.39, 0.29) is 11.9 Å². The first-order valence-electron chi connectivity index (χ1n) is 5.78. The highest BCUT2D eigenvalue weighted by Crippen LogP contribution is 2.30. The van der Waals surface area contributed by atoms with Crippen molar-refractivity contribution in [1.29, 1.82) is 0 Å². The Balaban J connectivity index is 2.44. The molecule has 2 atom stereocenters. The van der Waals surface area contributed by atoms with E-state index in [0.29, 0.717) is 22.3 Å². The van der Waals surface area contributed by atoms with E-state index in [2.05, 4.69) is 26.2 Å². The van der Waals surface area contributed by atoms with Crippen LogP contribution < -0.4 is 5.32 Å². The fraction of sp³-hybridized carbons (Fsp3) is 0.308. The first-order chi connectivity index (χ1) is 8.99. The number of nitrogens with zero attached hydrogens (tertiary/aromatic N) is 1. The van der Waals surface area contributed by atoms with Crippen LogP contribution in [0.3, 0.4) is 0 Å². The molecule has 0 unspecified atom stereocenters. The van der Waals surface area contributed by atoms with Gasteiger partial charge in [0, 0.05) is 45.2 Å². The van der Waals surface area contributed by atoms with E-state index in [4.69, 9.17) is 0 Å². The first-order valence-corrected chi connectivity index (χ1v) is 8.30. The summed E-state index contributed by atoms with van der Waals surface area (Å²) in [5.74, 6) is 0.193. The van der Waals surface area contributed by atoms with Gasteiger partial charge in [0.15, 0.2) is 0 Å². The molecule has 0 saturated carbocycles. The highest BCUT2D eigenvalue weighted by Gasteiger charge is 2.12. The highest BCUT2D eigenvalue weighted by atomic mass is 79.9. The van der Waals surface area contributed by atoms with E-state index in [0.717, 1.165) is 4.47 Å².